The third-order valence-corrected chi connectivity index (χ3v) is 5.02. The molecule has 3 aromatic rings. The van der Waals surface area contributed by atoms with Crippen molar-refractivity contribution >= 4 is 28.8 Å². The number of nitrogens with one attached hydrogen (secondary N) is 1. The monoisotopic (exact) mass is 386 g/mol. The van der Waals surface area contributed by atoms with E-state index >= 15 is 0 Å². The number of imide groups is 1. The van der Waals surface area contributed by atoms with Crippen molar-refractivity contribution in [1.82, 2.24) is 0 Å². The summed E-state index contributed by atoms with van der Waals surface area (Å²) in [6.07, 6.45) is 0. The second-order valence-corrected chi connectivity index (χ2v) is 6.94. The molecule has 1 aliphatic heterocycles. The van der Waals surface area contributed by atoms with Crippen molar-refractivity contribution in [3.8, 4) is 0 Å². The number of anilines is 2. The van der Waals surface area contributed by atoms with E-state index in [0.29, 0.717) is 11.3 Å². The van der Waals surface area contributed by atoms with Crippen LogP contribution in [0.2, 0.25) is 0 Å². The summed E-state index contributed by atoms with van der Waals surface area (Å²) in [5.41, 5.74) is 3.75. The van der Waals surface area contributed by atoms with Crippen LogP contribution >= 0.6 is 0 Å². The van der Waals surface area contributed by atoms with Gasteiger partial charge in [0.05, 0.1) is 11.3 Å². The van der Waals surface area contributed by atoms with Crippen LogP contribution in [0.5, 0.6) is 0 Å². The van der Waals surface area contributed by atoms with E-state index in [4.69, 9.17) is 0 Å². The van der Waals surface area contributed by atoms with E-state index in [0.717, 1.165) is 16.0 Å². The lowest BCUT2D eigenvalue weighted by Crippen LogP contribution is -2.33. The van der Waals surface area contributed by atoms with E-state index in [1.807, 2.05) is 38.1 Å². The fourth-order valence-electron chi connectivity index (χ4n) is 3.33. The topological polar surface area (TPSA) is 49.4 Å². The van der Waals surface area contributed by atoms with Gasteiger partial charge in [-0.3, -0.25) is 9.59 Å². The van der Waals surface area contributed by atoms with Crippen LogP contribution in [0.25, 0.3) is 5.57 Å². The Kier molecular flexibility index (Phi) is 4.72. The highest BCUT2D eigenvalue weighted by Crippen LogP contribution is 2.34. The lowest BCUT2D eigenvalue weighted by molar-refractivity contribution is -0.120. The van der Waals surface area contributed by atoms with Gasteiger partial charge in [-0.25, -0.2) is 9.29 Å². The second kappa shape index (κ2) is 7.36. The molecule has 0 saturated carbocycles. The number of benzene rings is 3. The molecule has 0 aliphatic carbocycles. The van der Waals surface area contributed by atoms with Crippen LogP contribution in [0.4, 0.5) is 15.8 Å². The molecule has 1 N–H and O–H groups in total. The first kappa shape index (κ1) is 18.6. The summed E-state index contributed by atoms with van der Waals surface area (Å²) in [5.74, 6) is -1.77. The van der Waals surface area contributed by atoms with Gasteiger partial charge >= 0.3 is 0 Å². The molecule has 0 unspecified atom stereocenters. The number of rotatable bonds is 4. The molecule has 0 atom stereocenters. The second-order valence-electron chi connectivity index (χ2n) is 6.94. The van der Waals surface area contributed by atoms with E-state index in [9.17, 15) is 14.0 Å². The minimum absolute atomic E-state index is 0.0622. The Labute approximate surface area is 168 Å². The Hall–Kier alpha value is -3.73. The molecule has 4 nitrogen and oxygen atoms in total. The van der Waals surface area contributed by atoms with Gasteiger partial charge in [0.25, 0.3) is 11.8 Å². The number of carbonyl (C=O) groups is 2. The van der Waals surface area contributed by atoms with Gasteiger partial charge in [-0.15, -0.1) is 0 Å². The van der Waals surface area contributed by atoms with Gasteiger partial charge < -0.3 is 5.32 Å². The maximum absolute atomic E-state index is 14.4. The van der Waals surface area contributed by atoms with Crippen molar-refractivity contribution in [2.45, 2.75) is 13.8 Å². The quantitative estimate of drug-likeness (QED) is 0.653. The highest BCUT2D eigenvalue weighted by Gasteiger charge is 2.41. The molecule has 0 spiro atoms. The number of carbonyl (C=O) groups excluding carboxylic acids is 2. The van der Waals surface area contributed by atoms with E-state index in [-0.39, 0.29) is 17.0 Å². The number of para-hydroxylation sites is 1. The molecule has 3 aromatic carbocycles. The van der Waals surface area contributed by atoms with Crippen LogP contribution in [0.3, 0.4) is 0 Å². The molecule has 0 fully saturated rings. The van der Waals surface area contributed by atoms with Crippen LogP contribution < -0.4 is 10.2 Å². The molecule has 2 amide bonds. The molecule has 144 valence electrons. The van der Waals surface area contributed by atoms with Crippen molar-refractivity contribution in [2.75, 3.05) is 10.2 Å². The average Bonchev–Trinajstić information content (AvgIpc) is 2.96. The van der Waals surface area contributed by atoms with E-state index < -0.39 is 17.6 Å². The van der Waals surface area contributed by atoms with Gasteiger partial charge in [0.1, 0.15) is 11.5 Å². The number of hydrogen-bond acceptors (Lipinski definition) is 3. The van der Waals surface area contributed by atoms with Crippen LogP contribution in [-0.2, 0) is 9.59 Å². The molecule has 0 saturated heterocycles. The van der Waals surface area contributed by atoms with Gasteiger partial charge in [-0.1, -0.05) is 48.5 Å². The molecule has 4 rings (SSSR count). The largest absolute Gasteiger partial charge is 0.350 e. The average molecular weight is 386 g/mol. The Balaban J connectivity index is 1.84. The third-order valence-electron chi connectivity index (χ3n) is 5.02. The zero-order valence-electron chi connectivity index (χ0n) is 16.1. The summed E-state index contributed by atoms with van der Waals surface area (Å²) < 4.78 is 14.4. The molecular formula is C24H19FN2O2. The fraction of sp³-hybridized carbons (Fsp3) is 0.0833. The fourth-order valence-corrected chi connectivity index (χ4v) is 3.33. The van der Waals surface area contributed by atoms with Crippen LogP contribution in [0.15, 0.2) is 78.5 Å². The lowest BCUT2D eigenvalue weighted by atomic mass is 10.0. The predicted octanol–water partition coefficient (Wildman–Crippen LogP) is 4.84. The maximum atomic E-state index is 14.4. The third kappa shape index (κ3) is 3.31. The van der Waals surface area contributed by atoms with Crippen molar-refractivity contribution in [2.24, 2.45) is 0 Å². The van der Waals surface area contributed by atoms with Crippen molar-refractivity contribution in [1.29, 1.82) is 0 Å². The van der Waals surface area contributed by atoms with Crippen LogP contribution in [0, 0.1) is 19.7 Å². The standard InChI is InChI=1S/C24H19FN2O2/c1-15-12-13-18(14-16(15)2)26-22-21(17-8-4-3-5-9-17)23(28)27(24(22)29)20-11-7-6-10-19(20)25/h3-14,26H,1-2H3. The number of nitrogens with zero attached hydrogens (tertiary/aromatic N) is 1. The number of hydrogen-bond donors (Lipinski definition) is 1. The highest BCUT2D eigenvalue weighted by atomic mass is 19.1. The molecule has 1 heterocycles. The van der Waals surface area contributed by atoms with Gasteiger partial charge in [0.15, 0.2) is 0 Å². The predicted molar refractivity (Wildman–Crippen MR) is 112 cm³/mol. The number of aryl methyl sites for hydroxylation is 2. The summed E-state index contributed by atoms with van der Waals surface area (Å²) >= 11 is 0. The maximum Gasteiger partial charge on any atom is 0.282 e. The van der Waals surface area contributed by atoms with Crippen molar-refractivity contribution < 1.29 is 14.0 Å². The first-order valence-electron chi connectivity index (χ1n) is 9.24. The van der Waals surface area contributed by atoms with Crippen LogP contribution in [0.1, 0.15) is 16.7 Å². The smallest absolute Gasteiger partial charge is 0.282 e. The van der Waals surface area contributed by atoms with E-state index in [2.05, 4.69) is 5.32 Å². The summed E-state index contributed by atoms with van der Waals surface area (Å²) in [5, 5.41) is 3.10. The molecule has 0 bridgehead atoms. The van der Waals surface area contributed by atoms with Gasteiger partial charge in [0.2, 0.25) is 0 Å². The minimum atomic E-state index is -0.631. The van der Waals surface area contributed by atoms with E-state index in [1.165, 1.54) is 18.2 Å². The molecule has 5 heteroatoms. The Morgan fingerprint density at radius 3 is 2.17 bits per heavy atom. The zero-order chi connectivity index (χ0) is 20.5. The molecule has 0 radical (unpaired) electrons. The zero-order valence-corrected chi connectivity index (χ0v) is 16.1. The lowest BCUT2D eigenvalue weighted by Gasteiger charge is -2.16. The molecule has 1 aliphatic rings. The SMILES string of the molecule is Cc1ccc(NC2=C(c3ccccc3)C(=O)N(c3ccccc3F)C2=O)cc1C. The number of halogens is 1. The summed E-state index contributed by atoms with van der Waals surface area (Å²) in [6, 6.07) is 20.4. The molecule has 0 aromatic heterocycles. The van der Waals surface area contributed by atoms with Crippen LogP contribution in [-0.4, -0.2) is 11.8 Å². The Morgan fingerprint density at radius 2 is 1.48 bits per heavy atom. The molecular weight excluding hydrogens is 367 g/mol. The molecule has 29 heavy (non-hydrogen) atoms. The summed E-state index contributed by atoms with van der Waals surface area (Å²) in [6.45, 7) is 3.97. The Morgan fingerprint density at radius 1 is 0.793 bits per heavy atom. The first-order chi connectivity index (χ1) is 14.0. The summed E-state index contributed by atoms with van der Waals surface area (Å²) in [4.78, 5) is 27.3. The first-order valence-corrected chi connectivity index (χ1v) is 9.24. The Bertz CT molecular complexity index is 1150. The van der Waals surface area contributed by atoms with E-state index in [1.54, 1.807) is 30.3 Å². The van der Waals surface area contributed by atoms with Gasteiger partial charge in [-0.05, 0) is 54.8 Å². The van der Waals surface area contributed by atoms with Gasteiger partial charge in [0, 0.05) is 5.69 Å². The minimum Gasteiger partial charge on any atom is -0.350 e. The number of amides is 2. The summed E-state index contributed by atoms with van der Waals surface area (Å²) in [7, 11) is 0. The normalized spacial score (nSPS) is 14.0. The van der Waals surface area contributed by atoms with Crippen molar-refractivity contribution in [3.63, 3.8) is 0 Å². The van der Waals surface area contributed by atoms with Crippen molar-refractivity contribution in [3.05, 3.63) is 101 Å². The van der Waals surface area contributed by atoms with Gasteiger partial charge in [-0.2, -0.15) is 0 Å². The highest BCUT2D eigenvalue weighted by molar-refractivity contribution is 6.46.